The van der Waals surface area contributed by atoms with E-state index in [9.17, 15) is 14.4 Å². The zero-order valence-electron chi connectivity index (χ0n) is 18.2. The van der Waals surface area contributed by atoms with Crippen LogP contribution in [0.5, 0.6) is 0 Å². The summed E-state index contributed by atoms with van der Waals surface area (Å²) in [4.78, 5) is 39.6. The van der Waals surface area contributed by atoms with Crippen molar-refractivity contribution in [3.63, 3.8) is 0 Å². The zero-order chi connectivity index (χ0) is 22.7. The van der Waals surface area contributed by atoms with Crippen molar-refractivity contribution in [3.8, 4) is 0 Å². The molecule has 0 fully saturated rings. The summed E-state index contributed by atoms with van der Waals surface area (Å²) in [5.74, 6) is -0.860. The van der Waals surface area contributed by atoms with E-state index in [4.69, 9.17) is 9.15 Å². The normalized spacial score (nSPS) is 13.1. The average Bonchev–Trinajstić information content (AvgIpc) is 3.16. The number of carbonyl (C=O) groups excluding carboxylic acids is 2. The molecular formula is C24H26N2O5S. The van der Waals surface area contributed by atoms with E-state index in [0.29, 0.717) is 34.7 Å². The Morgan fingerprint density at radius 1 is 1.16 bits per heavy atom. The molecule has 4 rings (SSSR count). The lowest BCUT2D eigenvalue weighted by molar-refractivity contribution is 0.0937. The van der Waals surface area contributed by atoms with Crippen LogP contribution in [0.4, 0.5) is 5.00 Å². The van der Waals surface area contributed by atoms with Gasteiger partial charge in [-0.05, 0) is 55.4 Å². The highest BCUT2D eigenvalue weighted by Crippen LogP contribution is 2.38. The van der Waals surface area contributed by atoms with Crippen molar-refractivity contribution in [2.24, 2.45) is 0 Å². The number of nitrogens with one attached hydrogen (secondary N) is 2. The third-order valence-electron chi connectivity index (χ3n) is 5.64. The number of rotatable bonds is 7. The van der Waals surface area contributed by atoms with Crippen LogP contribution in [0, 0.1) is 0 Å². The Morgan fingerprint density at radius 2 is 1.97 bits per heavy atom. The van der Waals surface area contributed by atoms with E-state index in [-0.39, 0.29) is 17.1 Å². The standard InChI is InChI=1S/C24H26N2O5S/c1-3-14-8-9-18-16(12-14)17(27)13-19(31-18)22(28)26-24-21(23(29)25-10-11-30-2)15-6-4-5-7-20(15)32-24/h8-9,12-13H,3-7,10-11H2,1-2H3,(H,25,29)(H,26,28). The summed E-state index contributed by atoms with van der Waals surface area (Å²) in [6.45, 7) is 2.79. The number of thiophene rings is 1. The first-order valence-electron chi connectivity index (χ1n) is 10.8. The van der Waals surface area contributed by atoms with Crippen LogP contribution in [0.15, 0.2) is 33.5 Å². The Labute approximate surface area is 189 Å². The summed E-state index contributed by atoms with van der Waals surface area (Å²) in [6, 6.07) is 6.59. The fourth-order valence-corrected chi connectivity index (χ4v) is 5.23. The first-order chi connectivity index (χ1) is 15.5. The number of ether oxygens (including phenoxy) is 1. The summed E-state index contributed by atoms with van der Waals surface area (Å²) >= 11 is 1.42. The molecule has 0 saturated heterocycles. The van der Waals surface area contributed by atoms with Crippen LogP contribution in [-0.2, 0) is 24.0 Å². The van der Waals surface area contributed by atoms with Gasteiger partial charge in [-0.25, -0.2) is 0 Å². The lowest BCUT2D eigenvalue weighted by atomic mass is 9.95. The maximum absolute atomic E-state index is 13.0. The summed E-state index contributed by atoms with van der Waals surface area (Å²) in [5.41, 5.74) is 2.62. The number of methoxy groups -OCH3 is 1. The molecule has 1 aliphatic carbocycles. The Kier molecular flexibility index (Phi) is 6.72. The number of fused-ring (bicyclic) bond motifs is 2. The van der Waals surface area contributed by atoms with E-state index < -0.39 is 5.91 Å². The molecule has 1 aromatic carbocycles. The van der Waals surface area contributed by atoms with Gasteiger partial charge in [0.25, 0.3) is 11.8 Å². The van der Waals surface area contributed by atoms with Gasteiger partial charge in [0.1, 0.15) is 10.6 Å². The maximum Gasteiger partial charge on any atom is 0.292 e. The van der Waals surface area contributed by atoms with E-state index in [1.54, 1.807) is 19.2 Å². The van der Waals surface area contributed by atoms with Crippen LogP contribution in [0.25, 0.3) is 11.0 Å². The second-order valence-electron chi connectivity index (χ2n) is 7.78. The molecule has 0 unspecified atom stereocenters. The Balaban J connectivity index is 1.65. The smallest absolute Gasteiger partial charge is 0.292 e. The number of hydrogen-bond donors (Lipinski definition) is 2. The van der Waals surface area contributed by atoms with Gasteiger partial charge in [-0.3, -0.25) is 14.4 Å². The highest BCUT2D eigenvalue weighted by Gasteiger charge is 2.27. The molecule has 8 heteroatoms. The van der Waals surface area contributed by atoms with Crippen LogP contribution >= 0.6 is 11.3 Å². The highest BCUT2D eigenvalue weighted by molar-refractivity contribution is 7.17. The van der Waals surface area contributed by atoms with Gasteiger partial charge in [0.2, 0.25) is 0 Å². The average molecular weight is 455 g/mol. The Morgan fingerprint density at radius 3 is 2.75 bits per heavy atom. The molecular weight excluding hydrogens is 428 g/mol. The molecule has 0 radical (unpaired) electrons. The minimum Gasteiger partial charge on any atom is -0.451 e. The fraction of sp³-hybridized carbons (Fsp3) is 0.375. The van der Waals surface area contributed by atoms with E-state index in [1.165, 1.54) is 17.4 Å². The number of aryl methyl sites for hydroxylation is 2. The van der Waals surface area contributed by atoms with E-state index in [0.717, 1.165) is 48.1 Å². The fourth-order valence-electron chi connectivity index (χ4n) is 3.95. The zero-order valence-corrected chi connectivity index (χ0v) is 19.0. The summed E-state index contributed by atoms with van der Waals surface area (Å²) in [5, 5.41) is 6.61. The maximum atomic E-state index is 13.0. The SMILES string of the molecule is CCc1ccc2oc(C(=O)Nc3sc4c(c3C(=O)NCCOC)CCCC4)cc(=O)c2c1. The van der Waals surface area contributed by atoms with E-state index in [1.807, 2.05) is 13.0 Å². The van der Waals surface area contributed by atoms with Crippen molar-refractivity contribution in [2.45, 2.75) is 39.0 Å². The third kappa shape index (κ3) is 4.47. The molecule has 1 aliphatic rings. The molecule has 32 heavy (non-hydrogen) atoms. The molecule has 0 saturated carbocycles. The van der Waals surface area contributed by atoms with Crippen molar-refractivity contribution < 1.29 is 18.7 Å². The number of hydrogen-bond acceptors (Lipinski definition) is 6. The van der Waals surface area contributed by atoms with E-state index >= 15 is 0 Å². The quantitative estimate of drug-likeness (QED) is 0.527. The minimum atomic E-state index is -0.548. The van der Waals surface area contributed by atoms with Crippen molar-refractivity contribution in [2.75, 3.05) is 25.6 Å². The minimum absolute atomic E-state index is 0.0798. The second-order valence-corrected chi connectivity index (χ2v) is 8.88. The number of carbonyl (C=O) groups is 2. The Hall–Kier alpha value is -2.97. The predicted molar refractivity (Wildman–Crippen MR) is 125 cm³/mol. The van der Waals surface area contributed by atoms with Gasteiger partial charge in [0.05, 0.1) is 17.6 Å². The molecule has 3 aromatic rings. The molecule has 0 bridgehead atoms. The highest BCUT2D eigenvalue weighted by atomic mass is 32.1. The number of amides is 2. The molecule has 7 nitrogen and oxygen atoms in total. The first-order valence-corrected chi connectivity index (χ1v) is 11.6. The van der Waals surface area contributed by atoms with Gasteiger partial charge >= 0.3 is 0 Å². The van der Waals surface area contributed by atoms with Crippen LogP contribution in [0.1, 0.15) is 56.7 Å². The topological polar surface area (TPSA) is 97.6 Å². The van der Waals surface area contributed by atoms with Crippen molar-refractivity contribution in [1.29, 1.82) is 0 Å². The first kappa shape index (κ1) is 22.2. The largest absolute Gasteiger partial charge is 0.451 e. The molecule has 2 N–H and O–H groups in total. The van der Waals surface area contributed by atoms with Gasteiger partial charge in [-0.15, -0.1) is 11.3 Å². The van der Waals surface area contributed by atoms with Gasteiger partial charge in [0, 0.05) is 24.6 Å². The molecule has 0 aliphatic heterocycles. The number of benzene rings is 1. The van der Waals surface area contributed by atoms with Crippen molar-refractivity contribution >= 4 is 39.1 Å². The van der Waals surface area contributed by atoms with Gasteiger partial charge < -0.3 is 19.8 Å². The molecule has 0 spiro atoms. The van der Waals surface area contributed by atoms with Crippen LogP contribution in [0.2, 0.25) is 0 Å². The third-order valence-corrected chi connectivity index (χ3v) is 6.85. The predicted octanol–water partition coefficient (Wildman–Crippen LogP) is 3.92. The molecule has 0 atom stereocenters. The summed E-state index contributed by atoms with van der Waals surface area (Å²) in [7, 11) is 1.57. The van der Waals surface area contributed by atoms with Gasteiger partial charge in [0.15, 0.2) is 11.2 Å². The van der Waals surface area contributed by atoms with Crippen LogP contribution in [-0.4, -0.2) is 32.1 Å². The summed E-state index contributed by atoms with van der Waals surface area (Å²) in [6.07, 6.45) is 4.56. The van der Waals surface area contributed by atoms with Crippen LogP contribution in [0.3, 0.4) is 0 Å². The second kappa shape index (κ2) is 9.67. The van der Waals surface area contributed by atoms with E-state index in [2.05, 4.69) is 10.6 Å². The molecule has 2 aromatic heterocycles. The van der Waals surface area contributed by atoms with Crippen molar-refractivity contribution in [3.05, 3.63) is 61.8 Å². The lowest BCUT2D eigenvalue weighted by Gasteiger charge is -2.13. The number of anilines is 1. The van der Waals surface area contributed by atoms with Crippen molar-refractivity contribution in [1.82, 2.24) is 5.32 Å². The molecule has 168 valence electrons. The monoisotopic (exact) mass is 454 g/mol. The summed E-state index contributed by atoms with van der Waals surface area (Å²) < 4.78 is 10.7. The molecule has 2 amide bonds. The van der Waals surface area contributed by atoms with Gasteiger partial charge in [-0.2, -0.15) is 0 Å². The lowest BCUT2D eigenvalue weighted by Crippen LogP contribution is -2.28. The molecule has 2 heterocycles. The van der Waals surface area contributed by atoms with Crippen LogP contribution < -0.4 is 16.1 Å². The Bertz CT molecular complexity index is 1230. The van der Waals surface area contributed by atoms with Gasteiger partial charge in [-0.1, -0.05) is 13.0 Å².